The Labute approximate surface area is 215 Å². The van der Waals surface area contributed by atoms with Crippen molar-refractivity contribution in [2.75, 3.05) is 16.1 Å². The Morgan fingerprint density at radius 2 is 1.49 bits per heavy atom. The summed E-state index contributed by atoms with van der Waals surface area (Å²) in [6.45, 7) is 3.75. The van der Waals surface area contributed by atoms with Crippen LogP contribution in [0, 0.1) is 13.8 Å². The van der Waals surface area contributed by atoms with E-state index in [1.165, 1.54) is 10.7 Å². The Morgan fingerprint density at radius 1 is 0.771 bits per heavy atom. The van der Waals surface area contributed by atoms with E-state index in [9.17, 15) is 14.4 Å². The fraction of sp³-hybridized carbons (Fsp3) is 0.0800. The summed E-state index contributed by atoms with van der Waals surface area (Å²) >= 11 is 18.2. The Kier molecular flexibility index (Phi) is 7.03. The van der Waals surface area contributed by atoms with E-state index in [-0.39, 0.29) is 10.7 Å². The molecule has 0 aliphatic rings. The highest BCUT2D eigenvalue weighted by Gasteiger charge is 2.22. The molecule has 1 aromatic heterocycles. The molecule has 35 heavy (non-hydrogen) atoms. The van der Waals surface area contributed by atoms with Crippen molar-refractivity contribution in [3.05, 3.63) is 92.6 Å². The average molecular weight is 530 g/mol. The van der Waals surface area contributed by atoms with Gasteiger partial charge >= 0.3 is 11.8 Å². The fourth-order valence-electron chi connectivity index (χ4n) is 3.47. The number of carbonyl (C=O) groups is 3. The number of anilines is 2. The van der Waals surface area contributed by atoms with Gasteiger partial charge in [0.1, 0.15) is 5.69 Å². The van der Waals surface area contributed by atoms with E-state index in [4.69, 9.17) is 34.8 Å². The Hall–Kier alpha value is -3.52. The molecule has 0 saturated carbocycles. The lowest BCUT2D eigenvalue weighted by Gasteiger charge is -2.14. The molecule has 4 rings (SSSR count). The van der Waals surface area contributed by atoms with E-state index in [1.54, 1.807) is 48.5 Å². The molecular formula is C25H19Cl3N4O3. The van der Waals surface area contributed by atoms with Crippen LogP contribution in [0.2, 0.25) is 15.1 Å². The SMILES string of the molecule is Cc1cccc(NC(=O)C(=O)Nn2c(C(=O)Nc3ccc(Cl)cc3Cl)cc3cc(Cl)ccc32)c1C. The smallest absolute Gasteiger partial charge is 0.319 e. The van der Waals surface area contributed by atoms with Gasteiger partial charge in [0.25, 0.3) is 5.91 Å². The second-order valence-electron chi connectivity index (χ2n) is 7.79. The number of hydrogen-bond donors (Lipinski definition) is 3. The van der Waals surface area contributed by atoms with Crippen LogP contribution in [0.4, 0.5) is 11.4 Å². The number of amides is 3. The molecule has 3 amide bonds. The molecule has 7 nitrogen and oxygen atoms in total. The molecule has 0 atom stereocenters. The van der Waals surface area contributed by atoms with Gasteiger partial charge in [0.05, 0.1) is 16.2 Å². The van der Waals surface area contributed by atoms with E-state index in [2.05, 4.69) is 16.1 Å². The highest BCUT2D eigenvalue weighted by atomic mass is 35.5. The van der Waals surface area contributed by atoms with E-state index in [0.717, 1.165) is 11.1 Å². The minimum Gasteiger partial charge on any atom is -0.319 e. The molecule has 0 aliphatic heterocycles. The Bertz CT molecular complexity index is 1500. The summed E-state index contributed by atoms with van der Waals surface area (Å²) in [6.07, 6.45) is 0. The van der Waals surface area contributed by atoms with Crippen LogP contribution in [0.1, 0.15) is 21.6 Å². The summed E-state index contributed by atoms with van der Waals surface area (Å²) in [5.74, 6) is -2.42. The predicted octanol–water partition coefficient (Wildman–Crippen LogP) is 6.18. The van der Waals surface area contributed by atoms with E-state index < -0.39 is 17.7 Å². The number of rotatable bonds is 4. The van der Waals surface area contributed by atoms with Crippen molar-refractivity contribution >= 4 is 74.8 Å². The van der Waals surface area contributed by atoms with Gasteiger partial charge in [-0.2, -0.15) is 0 Å². The first kappa shape index (κ1) is 24.6. The van der Waals surface area contributed by atoms with Gasteiger partial charge in [0, 0.05) is 21.1 Å². The lowest BCUT2D eigenvalue weighted by atomic mass is 10.1. The van der Waals surface area contributed by atoms with Crippen molar-refractivity contribution in [1.29, 1.82) is 0 Å². The molecule has 0 radical (unpaired) electrons. The fourth-order valence-corrected chi connectivity index (χ4v) is 4.11. The zero-order valence-corrected chi connectivity index (χ0v) is 20.8. The number of aromatic nitrogens is 1. The third-order valence-electron chi connectivity index (χ3n) is 5.45. The number of nitrogens with zero attached hydrogens (tertiary/aromatic N) is 1. The van der Waals surface area contributed by atoms with Crippen LogP contribution in [0.3, 0.4) is 0 Å². The largest absolute Gasteiger partial charge is 0.328 e. The molecule has 3 N–H and O–H groups in total. The van der Waals surface area contributed by atoms with Gasteiger partial charge in [-0.15, -0.1) is 0 Å². The van der Waals surface area contributed by atoms with Crippen LogP contribution in [-0.4, -0.2) is 22.4 Å². The molecule has 3 aromatic carbocycles. The van der Waals surface area contributed by atoms with Gasteiger partial charge in [0.15, 0.2) is 0 Å². The topological polar surface area (TPSA) is 92.2 Å². The minimum absolute atomic E-state index is 0.0566. The molecule has 178 valence electrons. The van der Waals surface area contributed by atoms with Gasteiger partial charge in [-0.25, -0.2) is 4.68 Å². The molecule has 0 bridgehead atoms. The van der Waals surface area contributed by atoms with E-state index >= 15 is 0 Å². The van der Waals surface area contributed by atoms with Crippen molar-refractivity contribution in [2.45, 2.75) is 13.8 Å². The molecule has 0 unspecified atom stereocenters. The molecule has 0 fully saturated rings. The van der Waals surface area contributed by atoms with Crippen molar-refractivity contribution < 1.29 is 14.4 Å². The van der Waals surface area contributed by atoms with Crippen molar-refractivity contribution in [1.82, 2.24) is 4.68 Å². The van der Waals surface area contributed by atoms with E-state index in [1.807, 2.05) is 19.9 Å². The molecule has 0 spiro atoms. The molecule has 4 aromatic rings. The van der Waals surface area contributed by atoms with Crippen LogP contribution in [0.15, 0.2) is 60.7 Å². The first-order valence-electron chi connectivity index (χ1n) is 10.4. The van der Waals surface area contributed by atoms with Crippen LogP contribution < -0.4 is 16.1 Å². The Balaban J connectivity index is 1.65. The Morgan fingerprint density at radius 3 is 2.23 bits per heavy atom. The zero-order valence-electron chi connectivity index (χ0n) is 18.6. The summed E-state index contributed by atoms with van der Waals surface area (Å²) in [4.78, 5) is 38.6. The summed E-state index contributed by atoms with van der Waals surface area (Å²) in [5.41, 5.74) is 5.69. The highest BCUT2D eigenvalue weighted by molar-refractivity contribution is 6.42. The quantitative estimate of drug-likeness (QED) is 0.276. The summed E-state index contributed by atoms with van der Waals surface area (Å²) in [7, 11) is 0. The first-order valence-corrected chi connectivity index (χ1v) is 11.5. The average Bonchev–Trinajstić information content (AvgIpc) is 3.16. The molecular weight excluding hydrogens is 511 g/mol. The normalized spacial score (nSPS) is 10.8. The molecule has 0 saturated heterocycles. The highest BCUT2D eigenvalue weighted by Crippen LogP contribution is 2.27. The van der Waals surface area contributed by atoms with Crippen molar-refractivity contribution in [2.24, 2.45) is 0 Å². The van der Waals surface area contributed by atoms with Crippen LogP contribution >= 0.6 is 34.8 Å². The van der Waals surface area contributed by atoms with Gasteiger partial charge < -0.3 is 10.6 Å². The summed E-state index contributed by atoms with van der Waals surface area (Å²) in [6, 6.07) is 16.4. The third kappa shape index (κ3) is 5.27. The lowest BCUT2D eigenvalue weighted by Crippen LogP contribution is -2.36. The second kappa shape index (κ2) is 10.00. The van der Waals surface area contributed by atoms with Crippen molar-refractivity contribution in [3.63, 3.8) is 0 Å². The number of hydrogen-bond acceptors (Lipinski definition) is 3. The summed E-state index contributed by atoms with van der Waals surface area (Å²) in [5, 5.41) is 6.98. The summed E-state index contributed by atoms with van der Waals surface area (Å²) < 4.78 is 1.23. The first-order chi connectivity index (χ1) is 16.6. The number of fused-ring (bicyclic) bond motifs is 1. The third-order valence-corrected chi connectivity index (χ3v) is 6.23. The number of aryl methyl sites for hydroxylation is 1. The second-order valence-corrected chi connectivity index (χ2v) is 9.07. The number of halogens is 3. The van der Waals surface area contributed by atoms with Crippen LogP contribution in [-0.2, 0) is 9.59 Å². The zero-order chi connectivity index (χ0) is 25.3. The monoisotopic (exact) mass is 528 g/mol. The molecule has 0 aliphatic carbocycles. The van der Waals surface area contributed by atoms with Crippen LogP contribution in [0.25, 0.3) is 10.9 Å². The number of benzene rings is 3. The molecule has 1 heterocycles. The predicted molar refractivity (Wildman–Crippen MR) is 140 cm³/mol. The van der Waals surface area contributed by atoms with Gasteiger partial charge in [-0.1, -0.05) is 46.9 Å². The molecule has 10 heteroatoms. The van der Waals surface area contributed by atoms with Gasteiger partial charge in [0.2, 0.25) is 0 Å². The van der Waals surface area contributed by atoms with Gasteiger partial charge in [-0.05, 0) is 73.5 Å². The maximum atomic E-state index is 13.1. The number of carbonyl (C=O) groups excluding carboxylic acids is 3. The van der Waals surface area contributed by atoms with Crippen molar-refractivity contribution in [3.8, 4) is 0 Å². The lowest BCUT2D eigenvalue weighted by molar-refractivity contribution is -0.133. The standard InChI is InChI=1S/C25H19Cl3N4O3/c1-13-4-3-5-19(14(13)2)29-24(34)25(35)31-32-21-9-7-16(26)10-15(21)11-22(32)23(33)30-20-8-6-17(27)12-18(20)28/h3-12H,1-2H3,(H,29,34)(H,30,33)(H,31,35). The van der Waals surface area contributed by atoms with E-state index in [0.29, 0.717) is 32.3 Å². The number of nitrogens with one attached hydrogen (secondary N) is 3. The maximum Gasteiger partial charge on any atom is 0.328 e. The maximum absolute atomic E-state index is 13.1. The minimum atomic E-state index is -0.961. The van der Waals surface area contributed by atoms with Crippen LogP contribution in [0.5, 0.6) is 0 Å². The van der Waals surface area contributed by atoms with Gasteiger partial charge in [-0.3, -0.25) is 19.8 Å².